The van der Waals surface area contributed by atoms with Gasteiger partial charge in [0.15, 0.2) is 0 Å². The van der Waals surface area contributed by atoms with Gasteiger partial charge in [0.1, 0.15) is 4.99 Å². The number of aliphatic imine (C=N–C) groups is 1. The number of nitrogens with one attached hydrogen (secondary N) is 1. The quantitative estimate of drug-likeness (QED) is 0.793. The Morgan fingerprint density at radius 1 is 1.05 bits per heavy atom. The van der Waals surface area contributed by atoms with Gasteiger partial charge in [-0.1, -0.05) is 42.5 Å². The van der Waals surface area contributed by atoms with Crippen molar-refractivity contribution in [2.75, 3.05) is 11.9 Å². The Labute approximate surface area is 130 Å². The summed E-state index contributed by atoms with van der Waals surface area (Å²) in [6.45, 7) is 0.246. The summed E-state index contributed by atoms with van der Waals surface area (Å²) >= 11 is 5.14. The molecule has 1 aliphatic rings. The second-order valence-electron chi connectivity index (χ2n) is 4.84. The fourth-order valence-corrected chi connectivity index (χ4v) is 2.47. The third-order valence-electron chi connectivity index (χ3n) is 3.30. The second kappa shape index (κ2) is 5.53. The summed E-state index contributed by atoms with van der Waals surface area (Å²) in [5.74, 6) is 0. The molecule has 0 atom stereocenters. The van der Waals surface area contributed by atoms with Crippen molar-refractivity contribution >= 4 is 28.6 Å². The lowest BCUT2D eigenvalue weighted by Gasteiger charge is -2.14. The first-order valence-electron chi connectivity index (χ1n) is 6.56. The van der Waals surface area contributed by atoms with Crippen molar-refractivity contribution in [1.82, 2.24) is 0 Å². The molecule has 22 heavy (non-hydrogen) atoms. The molecule has 0 saturated carbocycles. The van der Waals surface area contributed by atoms with Gasteiger partial charge in [0, 0.05) is 16.8 Å². The predicted molar refractivity (Wildman–Crippen MR) is 84.6 cm³/mol. The van der Waals surface area contributed by atoms with Crippen molar-refractivity contribution < 1.29 is 13.2 Å². The fraction of sp³-hybridized carbons (Fsp3) is 0.125. The minimum absolute atomic E-state index is 0.246. The Bertz CT molecular complexity index is 752. The van der Waals surface area contributed by atoms with Crippen LogP contribution < -0.4 is 5.32 Å². The van der Waals surface area contributed by atoms with Gasteiger partial charge in [-0.15, -0.1) is 0 Å². The maximum absolute atomic E-state index is 13.0. The van der Waals surface area contributed by atoms with E-state index in [1.54, 1.807) is 0 Å². The van der Waals surface area contributed by atoms with Crippen LogP contribution in [0, 0.1) is 0 Å². The highest BCUT2D eigenvalue weighted by Crippen LogP contribution is 2.33. The molecule has 3 rings (SSSR count). The number of anilines is 1. The molecule has 0 saturated heterocycles. The van der Waals surface area contributed by atoms with E-state index >= 15 is 0 Å². The first-order chi connectivity index (χ1) is 10.4. The SMILES string of the molecule is FC(F)(F)c1ccc2c(c1)C(c1ccccc1)=NCC(=S)N2. The molecule has 0 unspecified atom stereocenters. The van der Waals surface area contributed by atoms with Gasteiger partial charge in [-0.3, -0.25) is 4.99 Å². The average Bonchev–Trinajstić information content (AvgIpc) is 2.65. The van der Waals surface area contributed by atoms with E-state index in [0.29, 0.717) is 22.0 Å². The van der Waals surface area contributed by atoms with Crippen LogP contribution in [0.1, 0.15) is 16.7 Å². The normalized spacial score (nSPS) is 14.7. The van der Waals surface area contributed by atoms with E-state index in [2.05, 4.69) is 10.3 Å². The van der Waals surface area contributed by atoms with E-state index < -0.39 is 11.7 Å². The molecule has 0 aliphatic carbocycles. The van der Waals surface area contributed by atoms with Crippen LogP contribution >= 0.6 is 12.2 Å². The molecule has 0 fully saturated rings. The topological polar surface area (TPSA) is 24.4 Å². The molecule has 0 bridgehead atoms. The summed E-state index contributed by atoms with van der Waals surface area (Å²) in [4.78, 5) is 4.86. The zero-order chi connectivity index (χ0) is 15.7. The number of hydrogen-bond donors (Lipinski definition) is 1. The Morgan fingerprint density at radius 2 is 1.77 bits per heavy atom. The van der Waals surface area contributed by atoms with Crippen molar-refractivity contribution in [2.45, 2.75) is 6.18 Å². The fourth-order valence-electron chi connectivity index (χ4n) is 2.29. The van der Waals surface area contributed by atoms with E-state index in [4.69, 9.17) is 12.2 Å². The lowest BCUT2D eigenvalue weighted by molar-refractivity contribution is -0.137. The third-order valence-corrected chi connectivity index (χ3v) is 3.54. The van der Waals surface area contributed by atoms with Crippen LogP contribution in [0.2, 0.25) is 0 Å². The van der Waals surface area contributed by atoms with E-state index in [1.807, 2.05) is 30.3 Å². The Kier molecular flexibility index (Phi) is 3.70. The minimum Gasteiger partial charge on any atom is -0.348 e. The van der Waals surface area contributed by atoms with Gasteiger partial charge in [-0.2, -0.15) is 13.2 Å². The molecule has 0 radical (unpaired) electrons. The van der Waals surface area contributed by atoms with Crippen LogP contribution in [-0.2, 0) is 6.18 Å². The maximum Gasteiger partial charge on any atom is 0.416 e. The molecule has 112 valence electrons. The summed E-state index contributed by atoms with van der Waals surface area (Å²) in [7, 11) is 0. The van der Waals surface area contributed by atoms with Crippen molar-refractivity contribution in [3.05, 3.63) is 65.2 Å². The van der Waals surface area contributed by atoms with Crippen LogP contribution in [0.3, 0.4) is 0 Å². The molecule has 0 aromatic heterocycles. The molecule has 1 heterocycles. The smallest absolute Gasteiger partial charge is 0.348 e. The molecule has 6 heteroatoms. The summed E-state index contributed by atoms with van der Waals surface area (Å²) in [6.07, 6.45) is -4.40. The number of benzodiazepines with no additional fused rings is 1. The summed E-state index contributed by atoms with van der Waals surface area (Å²) < 4.78 is 38.9. The summed E-state index contributed by atoms with van der Waals surface area (Å²) in [5, 5.41) is 2.95. The van der Waals surface area contributed by atoms with E-state index in [0.717, 1.165) is 17.7 Å². The van der Waals surface area contributed by atoms with Crippen molar-refractivity contribution in [3.8, 4) is 0 Å². The molecule has 2 aromatic rings. The highest BCUT2D eigenvalue weighted by Gasteiger charge is 2.32. The van der Waals surface area contributed by atoms with Crippen LogP contribution in [0.25, 0.3) is 0 Å². The molecule has 2 nitrogen and oxygen atoms in total. The monoisotopic (exact) mass is 320 g/mol. The number of alkyl halides is 3. The lowest BCUT2D eigenvalue weighted by atomic mass is 9.98. The van der Waals surface area contributed by atoms with Crippen LogP contribution in [0.4, 0.5) is 18.9 Å². The molecule has 1 N–H and O–H groups in total. The lowest BCUT2D eigenvalue weighted by Crippen LogP contribution is -2.12. The molecule has 0 amide bonds. The number of thiocarbonyl (C=S) groups is 1. The number of hydrogen-bond acceptors (Lipinski definition) is 2. The zero-order valence-corrected chi connectivity index (χ0v) is 12.1. The highest BCUT2D eigenvalue weighted by molar-refractivity contribution is 7.80. The molecule has 2 aromatic carbocycles. The Balaban J connectivity index is 2.19. The van der Waals surface area contributed by atoms with Crippen LogP contribution in [0.5, 0.6) is 0 Å². The van der Waals surface area contributed by atoms with E-state index in [1.165, 1.54) is 6.07 Å². The zero-order valence-electron chi connectivity index (χ0n) is 11.3. The standard InChI is InChI=1S/C16H11F3N2S/c17-16(18,19)11-6-7-13-12(8-11)15(20-9-14(22)21-13)10-4-2-1-3-5-10/h1-8H,9H2,(H,21,22). The summed E-state index contributed by atoms with van der Waals surface area (Å²) in [5.41, 5.74) is 1.51. The molecular weight excluding hydrogens is 309 g/mol. The Morgan fingerprint density at radius 3 is 2.45 bits per heavy atom. The van der Waals surface area contributed by atoms with Crippen LogP contribution in [0.15, 0.2) is 53.5 Å². The number of nitrogens with zero attached hydrogens (tertiary/aromatic N) is 1. The largest absolute Gasteiger partial charge is 0.416 e. The maximum atomic E-state index is 13.0. The number of fused-ring (bicyclic) bond motifs is 1. The van der Waals surface area contributed by atoms with Crippen molar-refractivity contribution in [3.63, 3.8) is 0 Å². The van der Waals surface area contributed by atoms with Crippen LogP contribution in [-0.4, -0.2) is 17.2 Å². The van der Waals surface area contributed by atoms with Gasteiger partial charge >= 0.3 is 6.18 Å². The first-order valence-corrected chi connectivity index (χ1v) is 6.97. The number of halogens is 3. The van der Waals surface area contributed by atoms with Gasteiger partial charge in [-0.05, 0) is 18.2 Å². The van der Waals surface area contributed by atoms with Gasteiger partial charge < -0.3 is 5.32 Å². The average molecular weight is 320 g/mol. The van der Waals surface area contributed by atoms with Gasteiger partial charge in [-0.25, -0.2) is 0 Å². The molecule has 1 aliphatic heterocycles. The Hall–Kier alpha value is -2.21. The van der Waals surface area contributed by atoms with Gasteiger partial charge in [0.25, 0.3) is 0 Å². The number of rotatable bonds is 1. The second-order valence-corrected chi connectivity index (χ2v) is 5.33. The predicted octanol–water partition coefficient (Wildman–Crippen LogP) is 4.30. The van der Waals surface area contributed by atoms with E-state index in [9.17, 15) is 13.2 Å². The van der Waals surface area contributed by atoms with E-state index in [-0.39, 0.29) is 6.54 Å². The summed E-state index contributed by atoms with van der Waals surface area (Å²) in [6, 6.07) is 12.7. The van der Waals surface area contributed by atoms with Gasteiger partial charge in [0.05, 0.1) is 17.8 Å². The van der Waals surface area contributed by atoms with Crippen molar-refractivity contribution in [2.24, 2.45) is 4.99 Å². The first kappa shape index (κ1) is 14.7. The minimum atomic E-state index is -4.40. The van der Waals surface area contributed by atoms with Gasteiger partial charge in [0.2, 0.25) is 0 Å². The third kappa shape index (κ3) is 2.87. The molecular formula is C16H11F3N2S. The number of benzene rings is 2. The van der Waals surface area contributed by atoms with Crippen molar-refractivity contribution in [1.29, 1.82) is 0 Å². The highest BCUT2D eigenvalue weighted by atomic mass is 32.1. The molecule has 0 spiro atoms.